The van der Waals surface area contributed by atoms with Gasteiger partial charge < -0.3 is 15.4 Å². The fourth-order valence-electron chi connectivity index (χ4n) is 2.88. The molecule has 4 nitrogen and oxygen atoms in total. The van der Waals surface area contributed by atoms with Crippen LogP contribution in [-0.2, 0) is 11.3 Å². The van der Waals surface area contributed by atoms with Crippen LogP contribution in [0.4, 0.5) is 0 Å². The number of benzene rings is 1. The monoisotopic (exact) mass is 293 g/mol. The lowest BCUT2D eigenvalue weighted by Gasteiger charge is -2.41. The summed E-state index contributed by atoms with van der Waals surface area (Å²) >= 11 is 6.20. The molecule has 1 saturated heterocycles. The van der Waals surface area contributed by atoms with Gasteiger partial charge in [0.2, 0.25) is 0 Å². The Morgan fingerprint density at radius 3 is 2.90 bits per heavy atom. The van der Waals surface area contributed by atoms with Crippen molar-refractivity contribution in [2.24, 2.45) is 4.99 Å². The maximum absolute atomic E-state index is 6.20. The topological polar surface area (TPSA) is 45.7 Å². The summed E-state index contributed by atoms with van der Waals surface area (Å²) in [6, 6.07) is 7.92. The molecule has 3 rings (SSSR count). The van der Waals surface area contributed by atoms with Gasteiger partial charge in [0.15, 0.2) is 0 Å². The Morgan fingerprint density at radius 2 is 2.10 bits per heavy atom. The lowest BCUT2D eigenvalue weighted by molar-refractivity contribution is 0.0595. The molecule has 2 N–H and O–H groups in total. The van der Waals surface area contributed by atoms with Gasteiger partial charge in [-0.05, 0) is 24.5 Å². The average molecular weight is 294 g/mol. The molecule has 0 radical (unpaired) electrons. The van der Waals surface area contributed by atoms with E-state index in [0.29, 0.717) is 6.54 Å². The summed E-state index contributed by atoms with van der Waals surface area (Å²) in [7, 11) is 0. The molecule has 0 atom stereocenters. The van der Waals surface area contributed by atoms with Gasteiger partial charge in [-0.2, -0.15) is 0 Å². The zero-order valence-electron chi connectivity index (χ0n) is 11.5. The van der Waals surface area contributed by atoms with E-state index < -0.39 is 0 Å². The lowest BCUT2D eigenvalue weighted by Crippen LogP contribution is -2.62. The highest BCUT2D eigenvalue weighted by molar-refractivity contribution is 6.31. The van der Waals surface area contributed by atoms with Crippen LogP contribution >= 0.6 is 11.6 Å². The van der Waals surface area contributed by atoms with Crippen LogP contribution in [0.1, 0.15) is 18.4 Å². The maximum atomic E-state index is 6.20. The zero-order valence-corrected chi connectivity index (χ0v) is 12.2. The number of hydrogen-bond donors (Lipinski definition) is 2. The van der Waals surface area contributed by atoms with Crippen molar-refractivity contribution < 1.29 is 4.74 Å². The predicted octanol–water partition coefficient (Wildman–Crippen LogP) is 1.98. The first-order chi connectivity index (χ1) is 9.80. The molecule has 0 aliphatic carbocycles. The smallest absolute Gasteiger partial charge is 0.117 e. The Morgan fingerprint density at radius 1 is 1.30 bits per heavy atom. The standard InChI is InChI=1S/C15H20ClN3O/c16-13-4-2-1-3-12(13)11-18-14-15(19-8-7-17-14)5-9-20-10-6-15/h1-4,19H,5-11H2,(H,17,18). The number of nitrogens with one attached hydrogen (secondary N) is 2. The molecule has 0 unspecified atom stereocenters. The SMILES string of the molecule is Clc1ccccc1CNC1=NCCNC12CCOCC2. The van der Waals surface area contributed by atoms with Crippen molar-refractivity contribution in [3.8, 4) is 0 Å². The van der Waals surface area contributed by atoms with Crippen molar-refractivity contribution >= 4 is 17.4 Å². The largest absolute Gasteiger partial charge is 0.381 e. The Kier molecular flexibility index (Phi) is 4.24. The molecule has 0 aromatic heterocycles. The second-order valence-electron chi connectivity index (χ2n) is 5.30. The molecule has 5 heteroatoms. The number of nitrogens with zero attached hydrogens (tertiary/aromatic N) is 1. The summed E-state index contributed by atoms with van der Waals surface area (Å²) in [5, 5.41) is 7.91. The van der Waals surface area contributed by atoms with Crippen molar-refractivity contribution in [2.75, 3.05) is 26.3 Å². The van der Waals surface area contributed by atoms with Crippen molar-refractivity contribution in [1.82, 2.24) is 10.6 Å². The van der Waals surface area contributed by atoms with Gasteiger partial charge in [-0.1, -0.05) is 29.8 Å². The number of ether oxygens (including phenoxy) is 1. The van der Waals surface area contributed by atoms with Crippen LogP contribution < -0.4 is 10.6 Å². The minimum atomic E-state index is -0.0300. The first-order valence-corrected chi connectivity index (χ1v) is 7.53. The Labute approximate surface area is 124 Å². The molecule has 1 spiro atoms. The van der Waals surface area contributed by atoms with E-state index in [1.807, 2.05) is 24.3 Å². The molecular formula is C15H20ClN3O. The minimum absolute atomic E-state index is 0.0300. The molecule has 2 aliphatic rings. The van der Waals surface area contributed by atoms with E-state index in [1.165, 1.54) is 0 Å². The number of amidine groups is 1. The number of rotatable bonds is 2. The minimum Gasteiger partial charge on any atom is -0.381 e. The van der Waals surface area contributed by atoms with E-state index in [-0.39, 0.29) is 5.54 Å². The van der Waals surface area contributed by atoms with Gasteiger partial charge in [0, 0.05) is 31.3 Å². The summed E-state index contributed by atoms with van der Waals surface area (Å²) in [6.45, 7) is 4.06. The Bertz CT molecular complexity index is 498. The molecule has 2 aliphatic heterocycles. The third-order valence-corrected chi connectivity index (χ3v) is 4.42. The van der Waals surface area contributed by atoms with Crippen molar-refractivity contribution in [2.45, 2.75) is 24.9 Å². The molecule has 108 valence electrons. The van der Waals surface area contributed by atoms with Crippen molar-refractivity contribution in [3.05, 3.63) is 34.9 Å². The van der Waals surface area contributed by atoms with Crippen LogP contribution in [-0.4, -0.2) is 37.7 Å². The van der Waals surface area contributed by atoms with E-state index in [4.69, 9.17) is 21.3 Å². The highest BCUT2D eigenvalue weighted by Crippen LogP contribution is 2.24. The number of hydrogen-bond acceptors (Lipinski definition) is 4. The quantitative estimate of drug-likeness (QED) is 0.876. The molecule has 2 heterocycles. The fourth-order valence-corrected chi connectivity index (χ4v) is 3.08. The summed E-state index contributed by atoms with van der Waals surface area (Å²) in [6.07, 6.45) is 1.95. The molecule has 1 aromatic carbocycles. The van der Waals surface area contributed by atoms with Gasteiger partial charge in [-0.3, -0.25) is 4.99 Å². The van der Waals surface area contributed by atoms with E-state index in [0.717, 1.165) is 55.6 Å². The van der Waals surface area contributed by atoms with Gasteiger partial charge in [-0.25, -0.2) is 0 Å². The summed E-state index contributed by atoms with van der Waals surface area (Å²) < 4.78 is 5.48. The highest BCUT2D eigenvalue weighted by atomic mass is 35.5. The van der Waals surface area contributed by atoms with E-state index in [1.54, 1.807) is 0 Å². The van der Waals surface area contributed by atoms with Gasteiger partial charge in [-0.15, -0.1) is 0 Å². The normalized spacial score (nSPS) is 21.6. The summed E-state index contributed by atoms with van der Waals surface area (Å²) in [5.41, 5.74) is 1.07. The molecule has 0 amide bonds. The highest BCUT2D eigenvalue weighted by Gasteiger charge is 2.38. The molecule has 0 saturated carbocycles. The van der Waals surface area contributed by atoms with Crippen molar-refractivity contribution in [1.29, 1.82) is 0 Å². The third kappa shape index (κ3) is 2.82. The molecule has 20 heavy (non-hydrogen) atoms. The van der Waals surface area contributed by atoms with Crippen LogP contribution in [0.25, 0.3) is 0 Å². The van der Waals surface area contributed by atoms with Crippen LogP contribution in [0, 0.1) is 0 Å². The second kappa shape index (κ2) is 6.12. The summed E-state index contributed by atoms with van der Waals surface area (Å²) in [5.74, 6) is 1.06. The van der Waals surface area contributed by atoms with Crippen LogP contribution in [0.3, 0.4) is 0 Å². The molecule has 1 fully saturated rings. The molecular weight excluding hydrogens is 274 g/mol. The Hall–Kier alpha value is -1.10. The maximum Gasteiger partial charge on any atom is 0.117 e. The second-order valence-corrected chi connectivity index (χ2v) is 5.70. The first kappa shape index (κ1) is 13.9. The van der Waals surface area contributed by atoms with Gasteiger partial charge in [0.05, 0.1) is 12.1 Å². The van der Waals surface area contributed by atoms with Gasteiger partial charge >= 0.3 is 0 Å². The molecule has 1 aromatic rings. The van der Waals surface area contributed by atoms with Crippen LogP contribution in [0.5, 0.6) is 0 Å². The molecule has 0 bridgehead atoms. The van der Waals surface area contributed by atoms with Crippen LogP contribution in [0.2, 0.25) is 5.02 Å². The predicted molar refractivity (Wildman–Crippen MR) is 81.4 cm³/mol. The third-order valence-electron chi connectivity index (χ3n) is 4.05. The average Bonchev–Trinajstić information content (AvgIpc) is 2.49. The Balaban J connectivity index is 1.72. The van der Waals surface area contributed by atoms with E-state index >= 15 is 0 Å². The fraction of sp³-hybridized carbons (Fsp3) is 0.533. The zero-order chi connectivity index (χ0) is 13.8. The van der Waals surface area contributed by atoms with Gasteiger partial charge in [0.1, 0.15) is 5.84 Å². The van der Waals surface area contributed by atoms with E-state index in [9.17, 15) is 0 Å². The number of aliphatic imine (C=N–C) groups is 1. The van der Waals surface area contributed by atoms with E-state index in [2.05, 4.69) is 10.6 Å². The summed E-state index contributed by atoms with van der Waals surface area (Å²) in [4.78, 5) is 4.70. The number of halogens is 1. The van der Waals surface area contributed by atoms with Crippen LogP contribution in [0.15, 0.2) is 29.3 Å². The first-order valence-electron chi connectivity index (χ1n) is 7.15. The van der Waals surface area contributed by atoms with Crippen molar-refractivity contribution in [3.63, 3.8) is 0 Å². The lowest BCUT2D eigenvalue weighted by atomic mass is 9.87. The van der Waals surface area contributed by atoms with Gasteiger partial charge in [0.25, 0.3) is 0 Å².